The Morgan fingerprint density at radius 3 is 2.58 bits per heavy atom. The Labute approximate surface area is 152 Å². The van der Waals surface area contributed by atoms with Crippen LogP contribution in [-0.4, -0.2) is 17.6 Å². The molecule has 3 N–H and O–H groups in total. The summed E-state index contributed by atoms with van der Waals surface area (Å²) in [6.45, 7) is 2.18. The number of hydrogen-bond donors (Lipinski definition) is 2. The minimum atomic E-state index is -0.889. The van der Waals surface area contributed by atoms with Crippen LogP contribution in [0.1, 0.15) is 29.0 Å². The Morgan fingerprint density at radius 2 is 2.00 bits per heavy atom. The molecule has 0 aromatic heterocycles. The van der Waals surface area contributed by atoms with Crippen molar-refractivity contribution in [2.24, 2.45) is 5.73 Å². The third kappa shape index (κ3) is 4.48. The second kappa shape index (κ2) is 8.70. The third-order valence-electron chi connectivity index (χ3n) is 3.82. The van der Waals surface area contributed by atoms with Crippen LogP contribution in [0.2, 0.25) is 5.02 Å². The highest BCUT2D eigenvalue weighted by Gasteiger charge is 2.16. The SMILES string of the molecule is Cc1ccc(C#N)cc1-c1cc([C@H](CN)CC(=O)O)ccc1Cl.Cl. The summed E-state index contributed by atoms with van der Waals surface area (Å²) >= 11 is 6.32. The molecule has 0 aliphatic rings. The van der Waals surface area contributed by atoms with Crippen LogP contribution < -0.4 is 5.73 Å². The van der Waals surface area contributed by atoms with Gasteiger partial charge in [-0.1, -0.05) is 23.7 Å². The monoisotopic (exact) mass is 364 g/mol. The molecular weight excluding hydrogens is 347 g/mol. The first-order chi connectivity index (χ1) is 11.0. The molecule has 4 nitrogen and oxygen atoms in total. The summed E-state index contributed by atoms with van der Waals surface area (Å²) in [5.74, 6) is -1.16. The maximum absolute atomic E-state index is 11.0. The fraction of sp³-hybridized carbons (Fsp3) is 0.222. The Kier molecular flexibility index (Phi) is 7.24. The quantitative estimate of drug-likeness (QED) is 0.834. The van der Waals surface area contributed by atoms with Crippen molar-refractivity contribution >= 4 is 30.0 Å². The highest BCUT2D eigenvalue weighted by molar-refractivity contribution is 6.33. The number of nitrogens with zero attached hydrogens (tertiary/aromatic N) is 1. The van der Waals surface area contributed by atoms with Crippen LogP contribution in [0.25, 0.3) is 11.1 Å². The first-order valence-corrected chi connectivity index (χ1v) is 7.56. The van der Waals surface area contributed by atoms with E-state index in [4.69, 9.17) is 27.7 Å². The standard InChI is InChI=1S/C18H17ClN2O2.ClH/c1-11-2-3-12(9-20)6-15(11)16-7-13(4-5-17(16)19)14(10-21)8-18(22)23;/h2-7,14H,8,10,21H2,1H3,(H,22,23);1H/t14-;/m0./s1. The predicted molar refractivity (Wildman–Crippen MR) is 97.6 cm³/mol. The van der Waals surface area contributed by atoms with Crippen molar-refractivity contribution in [1.82, 2.24) is 0 Å². The van der Waals surface area contributed by atoms with Crippen molar-refractivity contribution in [3.63, 3.8) is 0 Å². The van der Waals surface area contributed by atoms with Crippen LogP contribution in [0.5, 0.6) is 0 Å². The van der Waals surface area contributed by atoms with Gasteiger partial charge in [0.2, 0.25) is 0 Å². The van der Waals surface area contributed by atoms with Crippen molar-refractivity contribution in [1.29, 1.82) is 5.26 Å². The summed E-state index contributed by atoms with van der Waals surface area (Å²) in [6.07, 6.45) is -0.0329. The van der Waals surface area contributed by atoms with Gasteiger partial charge < -0.3 is 10.8 Å². The first kappa shape index (κ1) is 20.0. The molecule has 24 heavy (non-hydrogen) atoms. The van der Waals surface area contributed by atoms with E-state index in [1.165, 1.54) is 0 Å². The number of aryl methyl sites for hydroxylation is 1. The molecule has 0 unspecified atom stereocenters. The number of rotatable bonds is 5. The predicted octanol–water partition coefficient (Wildman–Crippen LogP) is 4.13. The molecule has 0 saturated heterocycles. The molecule has 2 rings (SSSR count). The van der Waals surface area contributed by atoms with E-state index in [2.05, 4.69) is 6.07 Å². The molecule has 2 aromatic rings. The number of nitrogens with two attached hydrogens (primary N) is 1. The second-order valence-electron chi connectivity index (χ2n) is 5.41. The molecule has 1 atom stereocenters. The van der Waals surface area contributed by atoms with Crippen molar-refractivity contribution in [3.8, 4) is 17.2 Å². The van der Waals surface area contributed by atoms with Crippen molar-refractivity contribution in [3.05, 3.63) is 58.1 Å². The first-order valence-electron chi connectivity index (χ1n) is 7.18. The molecule has 0 saturated carbocycles. The molecule has 126 valence electrons. The van der Waals surface area contributed by atoms with Crippen LogP contribution in [0.15, 0.2) is 36.4 Å². The Hall–Kier alpha value is -2.06. The van der Waals surface area contributed by atoms with Gasteiger partial charge in [-0.25, -0.2) is 0 Å². The molecule has 0 radical (unpaired) electrons. The lowest BCUT2D eigenvalue weighted by atomic mass is 9.91. The lowest BCUT2D eigenvalue weighted by Crippen LogP contribution is -2.16. The maximum Gasteiger partial charge on any atom is 0.304 e. The molecule has 0 spiro atoms. The van der Waals surface area contributed by atoms with Crippen molar-refractivity contribution < 1.29 is 9.90 Å². The number of aliphatic carboxylic acids is 1. The van der Waals surface area contributed by atoms with Crippen LogP contribution >= 0.6 is 24.0 Å². The molecule has 0 bridgehead atoms. The normalized spacial score (nSPS) is 11.2. The molecule has 6 heteroatoms. The molecule has 0 heterocycles. The van der Waals surface area contributed by atoms with E-state index in [-0.39, 0.29) is 31.3 Å². The van der Waals surface area contributed by atoms with Gasteiger partial charge in [-0.05, 0) is 54.4 Å². The Balaban J connectivity index is 0.00000288. The number of nitriles is 1. The number of benzene rings is 2. The van der Waals surface area contributed by atoms with Crippen LogP contribution in [0.4, 0.5) is 0 Å². The summed E-state index contributed by atoms with van der Waals surface area (Å²) in [5.41, 5.74) is 9.73. The average Bonchev–Trinajstić information content (AvgIpc) is 2.54. The van der Waals surface area contributed by atoms with Gasteiger partial charge in [0.1, 0.15) is 0 Å². The van der Waals surface area contributed by atoms with E-state index in [0.717, 1.165) is 22.3 Å². The lowest BCUT2D eigenvalue weighted by Gasteiger charge is -2.16. The van der Waals surface area contributed by atoms with Crippen LogP contribution in [-0.2, 0) is 4.79 Å². The minimum Gasteiger partial charge on any atom is -0.481 e. The maximum atomic E-state index is 11.0. The largest absolute Gasteiger partial charge is 0.481 e. The third-order valence-corrected chi connectivity index (χ3v) is 4.15. The molecule has 0 aliphatic heterocycles. The van der Waals surface area contributed by atoms with Gasteiger partial charge in [0.05, 0.1) is 18.1 Å². The average molecular weight is 365 g/mol. The van der Waals surface area contributed by atoms with Crippen LogP contribution in [0.3, 0.4) is 0 Å². The smallest absolute Gasteiger partial charge is 0.304 e. The lowest BCUT2D eigenvalue weighted by molar-refractivity contribution is -0.137. The Morgan fingerprint density at radius 1 is 1.29 bits per heavy atom. The summed E-state index contributed by atoms with van der Waals surface area (Å²) < 4.78 is 0. The topological polar surface area (TPSA) is 87.1 Å². The number of carboxylic acid groups (broad SMARTS) is 1. The molecule has 2 aromatic carbocycles. The fourth-order valence-electron chi connectivity index (χ4n) is 2.53. The molecular formula is C18H18Cl2N2O2. The van der Waals surface area contributed by atoms with E-state index in [1.54, 1.807) is 24.3 Å². The summed E-state index contributed by atoms with van der Waals surface area (Å²) in [4.78, 5) is 11.0. The van der Waals surface area contributed by atoms with E-state index >= 15 is 0 Å². The van der Waals surface area contributed by atoms with E-state index < -0.39 is 5.97 Å². The minimum absolute atomic E-state index is 0. The second-order valence-corrected chi connectivity index (χ2v) is 5.82. The summed E-state index contributed by atoms with van der Waals surface area (Å²) in [6, 6.07) is 12.9. The fourth-order valence-corrected chi connectivity index (χ4v) is 2.75. The number of carboxylic acids is 1. The van der Waals surface area contributed by atoms with Gasteiger partial charge in [-0.2, -0.15) is 5.26 Å². The molecule has 0 aliphatic carbocycles. The van der Waals surface area contributed by atoms with Gasteiger partial charge >= 0.3 is 5.97 Å². The zero-order valence-corrected chi connectivity index (χ0v) is 14.7. The number of halogens is 2. The van der Waals surface area contributed by atoms with Gasteiger partial charge in [0, 0.05) is 16.5 Å². The molecule has 0 amide bonds. The Bertz CT molecular complexity index is 785. The van der Waals surface area contributed by atoms with E-state index in [9.17, 15) is 4.79 Å². The molecule has 0 fully saturated rings. The van der Waals surface area contributed by atoms with Gasteiger partial charge in [-0.15, -0.1) is 12.4 Å². The van der Waals surface area contributed by atoms with E-state index in [0.29, 0.717) is 10.6 Å². The highest BCUT2D eigenvalue weighted by Crippen LogP contribution is 2.34. The van der Waals surface area contributed by atoms with E-state index in [1.807, 2.05) is 19.1 Å². The summed E-state index contributed by atoms with van der Waals surface area (Å²) in [5, 5.41) is 18.7. The van der Waals surface area contributed by atoms with Gasteiger partial charge in [0.15, 0.2) is 0 Å². The van der Waals surface area contributed by atoms with Gasteiger partial charge in [-0.3, -0.25) is 4.79 Å². The highest BCUT2D eigenvalue weighted by atomic mass is 35.5. The van der Waals surface area contributed by atoms with Gasteiger partial charge in [0.25, 0.3) is 0 Å². The number of carbonyl (C=O) groups is 1. The zero-order valence-electron chi connectivity index (χ0n) is 13.1. The summed E-state index contributed by atoms with van der Waals surface area (Å²) in [7, 11) is 0. The van der Waals surface area contributed by atoms with Crippen LogP contribution in [0, 0.1) is 18.3 Å². The van der Waals surface area contributed by atoms with Crippen molar-refractivity contribution in [2.45, 2.75) is 19.3 Å². The van der Waals surface area contributed by atoms with Crippen molar-refractivity contribution in [2.75, 3.05) is 6.54 Å². The number of hydrogen-bond acceptors (Lipinski definition) is 3. The zero-order chi connectivity index (χ0) is 17.0.